The van der Waals surface area contributed by atoms with E-state index in [1.165, 1.54) is 0 Å². The fourth-order valence-electron chi connectivity index (χ4n) is 2.11. The molecule has 1 aromatic carbocycles. The molecule has 4 nitrogen and oxygen atoms in total. The third kappa shape index (κ3) is 3.47. The summed E-state index contributed by atoms with van der Waals surface area (Å²) in [7, 11) is 1.86. The van der Waals surface area contributed by atoms with Crippen molar-refractivity contribution in [3.05, 3.63) is 29.8 Å². The fourth-order valence-corrected chi connectivity index (χ4v) is 2.11. The minimum atomic E-state index is -0.0179. The molecule has 1 heterocycles. The van der Waals surface area contributed by atoms with E-state index in [0.29, 0.717) is 18.2 Å². The SMILES string of the molecule is CNc1ccc(C(=O)NCCC2CCCO2)cc1. The number of nitrogens with one attached hydrogen (secondary N) is 2. The van der Waals surface area contributed by atoms with Crippen LogP contribution in [0, 0.1) is 0 Å². The molecule has 0 aliphatic carbocycles. The number of amides is 1. The van der Waals surface area contributed by atoms with Gasteiger partial charge in [0.1, 0.15) is 0 Å². The first-order chi connectivity index (χ1) is 8.79. The molecule has 98 valence electrons. The predicted octanol–water partition coefficient (Wildman–Crippen LogP) is 2.03. The number of hydrogen-bond acceptors (Lipinski definition) is 3. The lowest BCUT2D eigenvalue weighted by Gasteiger charge is -2.10. The van der Waals surface area contributed by atoms with Gasteiger partial charge in [0.2, 0.25) is 0 Å². The minimum Gasteiger partial charge on any atom is -0.388 e. The molecule has 1 atom stereocenters. The van der Waals surface area contributed by atoms with Gasteiger partial charge >= 0.3 is 0 Å². The Morgan fingerprint density at radius 1 is 1.39 bits per heavy atom. The van der Waals surface area contributed by atoms with Crippen molar-refractivity contribution >= 4 is 11.6 Å². The molecule has 2 N–H and O–H groups in total. The number of anilines is 1. The van der Waals surface area contributed by atoms with E-state index in [2.05, 4.69) is 10.6 Å². The van der Waals surface area contributed by atoms with Gasteiger partial charge in [0.25, 0.3) is 5.91 Å². The lowest BCUT2D eigenvalue weighted by molar-refractivity contribution is 0.0907. The third-order valence-corrected chi connectivity index (χ3v) is 3.21. The highest BCUT2D eigenvalue weighted by Crippen LogP contribution is 2.14. The second kappa shape index (κ2) is 6.40. The average Bonchev–Trinajstić information content (AvgIpc) is 2.92. The summed E-state index contributed by atoms with van der Waals surface area (Å²) in [5.74, 6) is -0.0179. The number of rotatable bonds is 5. The van der Waals surface area contributed by atoms with E-state index in [1.54, 1.807) is 0 Å². The molecular formula is C14H20N2O2. The van der Waals surface area contributed by atoms with Crippen LogP contribution in [0.2, 0.25) is 0 Å². The molecule has 1 amide bonds. The van der Waals surface area contributed by atoms with Gasteiger partial charge in [-0.05, 0) is 43.5 Å². The van der Waals surface area contributed by atoms with Crippen LogP contribution in [0.4, 0.5) is 5.69 Å². The van der Waals surface area contributed by atoms with Crippen LogP contribution in [0.25, 0.3) is 0 Å². The van der Waals surface area contributed by atoms with E-state index in [4.69, 9.17) is 4.74 Å². The Bertz CT molecular complexity index is 383. The molecule has 18 heavy (non-hydrogen) atoms. The van der Waals surface area contributed by atoms with Crippen molar-refractivity contribution in [1.29, 1.82) is 0 Å². The molecular weight excluding hydrogens is 228 g/mol. The van der Waals surface area contributed by atoms with Crippen LogP contribution < -0.4 is 10.6 Å². The minimum absolute atomic E-state index is 0.0179. The number of hydrogen-bond donors (Lipinski definition) is 2. The van der Waals surface area contributed by atoms with Crippen molar-refractivity contribution in [2.45, 2.75) is 25.4 Å². The van der Waals surface area contributed by atoms with Crippen molar-refractivity contribution in [2.24, 2.45) is 0 Å². The van der Waals surface area contributed by atoms with Gasteiger partial charge in [0, 0.05) is 31.5 Å². The maximum absolute atomic E-state index is 11.8. The van der Waals surface area contributed by atoms with Gasteiger partial charge in [-0.15, -0.1) is 0 Å². The highest BCUT2D eigenvalue weighted by Gasteiger charge is 2.15. The Balaban J connectivity index is 1.76. The van der Waals surface area contributed by atoms with Crippen LogP contribution in [-0.4, -0.2) is 32.2 Å². The Hall–Kier alpha value is -1.55. The predicted molar refractivity (Wildman–Crippen MR) is 71.9 cm³/mol. The fraction of sp³-hybridized carbons (Fsp3) is 0.500. The van der Waals surface area contributed by atoms with Crippen molar-refractivity contribution in [1.82, 2.24) is 5.32 Å². The number of carbonyl (C=O) groups is 1. The summed E-state index contributed by atoms with van der Waals surface area (Å²) >= 11 is 0. The third-order valence-electron chi connectivity index (χ3n) is 3.21. The quantitative estimate of drug-likeness (QED) is 0.838. The summed E-state index contributed by atoms with van der Waals surface area (Å²) < 4.78 is 5.51. The standard InChI is InChI=1S/C14H20N2O2/c1-15-12-6-4-11(5-7-12)14(17)16-9-8-13-3-2-10-18-13/h4-7,13,15H,2-3,8-10H2,1H3,(H,16,17). The molecule has 2 rings (SSSR count). The largest absolute Gasteiger partial charge is 0.388 e. The van der Waals surface area contributed by atoms with E-state index in [0.717, 1.165) is 31.6 Å². The summed E-state index contributed by atoms with van der Waals surface area (Å²) in [5, 5.41) is 5.95. The van der Waals surface area contributed by atoms with Crippen molar-refractivity contribution in [3.8, 4) is 0 Å². The van der Waals surface area contributed by atoms with Crippen molar-refractivity contribution in [2.75, 3.05) is 25.5 Å². The van der Waals surface area contributed by atoms with Crippen LogP contribution in [0.5, 0.6) is 0 Å². The molecule has 1 aromatic rings. The second-order valence-corrected chi connectivity index (χ2v) is 4.51. The van der Waals surface area contributed by atoms with Crippen molar-refractivity contribution < 1.29 is 9.53 Å². The summed E-state index contributed by atoms with van der Waals surface area (Å²) in [5.41, 5.74) is 1.70. The van der Waals surface area contributed by atoms with Crippen LogP contribution in [0.3, 0.4) is 0 Å². The first-order valence-electron chi connectivity index (χ1n) is 6.47. The van der Waals surface area contributed by atoms with Gasteiger partial charge in [0.15, 0.2) is 0 Å². The summed E-state index contributed by atoms with van der Waals surface area (Å²) in [6.07, 6.45) is 3.49. The smallest absolute Gasteiger partial charge is 0.251 e. The molecule has 4 heteroatoms. The number of ether oxygens (including phenoxy) is 1. The number of benzene rings is 1. The highest BCUT2D eigenvalue weighted by molar-refractivity contribution is 5.94. The molecule has 1 aliphatic heterocycles. The monoisotopic (exact) mass is 248 g/mol. The molecule has 1 unspecified atom stereocenters. The van der Waals surface area contributed by atoms with E-state index in [9.17, 15) is 4.79 Å². The first kappa shape index (κ1) is 12.9. The van der Waals surface area contributed by atoms with Gasteiger partial charge in [-0.25, -0.2) is 0 Å². The van der Waals surface area contributed by atoms with E-state index >= 15 is 0 Å². The maximum Gasteiger partial charge on any atom is 0.251 e. The van der Waals surface area contributed by atoms with E-state index in [-0.39, 0.29) is 5.91 Å². The van der Waals surface area contributed by atoms with Gasteiger partial charge in [-0.1, -0.05) is 0 Å². The zero-order valence-corrected chi connectivity index (χ0v) is 10.7. The van der Waals surface area contributed by atoms with Crippen LogP contribution >= 0.6 is 0 Å². The normalized spacial score (nSPS) is 18.6. The van der Waals surface area contributed by atoms with E-state index < -0.39 is 0 Å². The van der Waals surface area contributed by atoms with Gasteiger partial charge in [0.05, 0.1) is 6.10 Å². The first-order valence-corrected chi connectivity index (χ1v) is 6.47. The molecule has 1 aliphatic rings. The molecule has 0 aromatic heterocycles. The van der Waals surface area contributed by atoms with Gasteiger partial charge in [-0.3, -0.25) is 4.79 Å². The maximum atomic E-state index is 11.8. The van der Waals surface area contributed by atoms with E-state index in [1.807, 2.05) is 31.3 Å². The summed E-state index contributed by atoms with van der Waals surface area (Å²) in [4.78, 5) is 11.8. The Morgan fingerprint density at radius 2 is 2.17 bits per heavy atom. The molecule has 1 saturated heterocycles. The zero-order valence-electron chi connectivity index (χ0n) is 10.7. The molecule has 0 bridgehead atoms. The van der Waals surface area contributed by atoms with Gasteiger partial charge in [-0.2, -0.15) is 0 Å². The number of carbonyl (C=O) groups excluding carboxylic acids is 1. The highest BCUT2D eigenvalue weighted by atomic mass is 16.5. The topological polar surface area (TPSA) is 50.4 Å². The lowest BCUT2D eigenvalue weighted by Crippen LogP contribution is -2.26. The Morgan fingerprint density at radius 3 is 2.78 bits per heavy atom. The second-order valence-electron chi connectivity index (χ2n) is 4.51. The molecule has 0 saturated carbocycles. The Labute approximate surface area is 108 Å². The summed E-state index contributed by atoms with van der Waals surface area (Å²) in [6, 6.07) is 7.45. The molecule has 1 fully saturated rings. The summed E-state index contributed by atoms with van der Waals surface area (Å²) in [6.45, 7) is 1.54. The van der Waals surface area contributed by atoms with Gasteiger partial charge < -0.3 is 15.4 Å². The lowest BCUT2D eigenvalue weighted by atomic mass is 10.1. The van der Waals surface area contributed by atoms with Crippen LogP contribution in [-0.2, 0) is 4.74 Å². The molecule has 0 spiro atoms. The zero-order chi connectivity index (χ0) is 12.8. The average molecular weight is 248 g/mol. The Kier molecular flexibility index (Phi) is 4.59. The van der Waals surface area contributed by atoms with Crippen molar-refractivity contribution in [3.63, 3.8) is 0 Å². The van der Waals surface area contributed by atoms with Crippen LogP contribution in [0.1, 0.15) is 29.6 Å². The molecule has 0 radical (unpaired) electrons. The van der Waals surface area contributed by atoms with Crippen LogP contribution in [0.15, 0.2) is 24.3 Å².